The predicted molar refractivity (Wildman–Crippen MR) is 118 cm³/mol. The molecule has 0 bridgehead atoms. The number of aromatic amines is 1. The Bertz CT molecular complexity index is 1070. The Morgan fingerprint density at radius 3 is 2.82 bits per heavy atom. The molecule has 4 rings (SSSR count). The zero-order valence-corrected chi connectivity index (χ0v) is 18.7. The van der Waals surface area contributed by atoms with Crippen molar-refractivity contribution in [1.82, 2.24) is 15.1 Å². The van der Waals surface area contributed by atoms with Crippen molar-refractivity contribution in [3.8, 4) is 23.4 Å². The molecule has 174 valence electrons. The Kier molecular flexibility index (Phi) is 6.79. The van der Waals surface area contributed by atoms with Crippen molar-refractivity contribution in [2.75, 3.05) is 32.9 Å². The Morgan fingerprint density at radius 2 is 2.12 bits per heavy atom. The van der Waals surface area contributed by atoms with Crippen LogP contribution >= 0.6 is 0 Å². The molecule has 2 unspecified atom stereocenters. The SMILES string of the molecule is CCCc1[nH]nc2c1C(c1ccc(OC(=O)N3CCOCC3)c(OCC)c1)C(C#N)C(=N)O2. The third kappa shape index (κ3) is 4.50. The molecule has 1 amide bonds. The molecular formula is C23H27N5O5. The van der Waals surface area contributed by atoms with Gasteiger partial charge in [-0.15, -0.1) is 5.10 Å². The summed E-state index contributed by atoms with van der Waals surface area (Å²) < 4.78 is 22.2. The van der Waals surface area contributed by atoms with Gasteiger partial charge in [-0.2, -0.15) is 5.26 Å². The molecular weight excluding hydrogens is 426 g/mol. The van der Waals surface area contributed by atoms with Crippen LogP contribution < -0.4 is 14.2 Å². The van der Waals surface area contributed by atoms with Crippen LogP contribution in [0.1, 0.15) is 43.0 Å². The lowest BCUT2D eigenvalue weighted by Gasteiger charge is -2.29. The fourth-order valence-electron chi connectivity index (χ4n) is 4.16. The van der Waals surface area contributed by atoms with E-state index in [9.17, 15) is 10.1 Å². The first-order valence-corrected chi connectivity index (χ1v) is 11.1. The highest BCUT2D eigenvalue weighted by atomic mass is 16.6. The van der Waals surface area contributed by atoms with Crippen molar-refractivity contribution in [1.29, 1.82) is 10.7 Å². The van der Waals surface area contributed by atoms with Crippen molar-refractivity contribution >= 4 is 12.0 Å². The van der Waals surface area contributed by atoms with E-state index in [-0.39, 0.29) is 5.90 Å². The maximum atomic E-state index is 12.6. The van der Waals surface area contributed by atoms with Gasteiger partial charge in [0.2, 0.25) is 11.8 Å². The molecule has 33 heavy (non-hydrogen) atoms. The van der Waals surface area contributed by atoms with Crippen LogP contribution in [0.5, 0.6) is 17.4 Å². The normalized spacial score (nSPS) is 19.9. The molecule has 1 fully saturated rings. The number of aryl methyl sites for hydroxylation is 1. The van der Waals surface area contributed by atoms with Crippen molar-refractivity contribution < 1.29 is 23.7 Å². The van der Waals surface area contributed by atoms with E-state index in [0.717, 1.165) is 29.7 Å². The summed E-state index contributed by atoms with van der Waals surface area (Å²) in [7, 11) is 0. The third-order valence-corrected chi connectivity index (χ3v) is 5.71. The molecule has 1 saturated heterocycles. The van der Waals surface area contributed by atoms with E-state index in [2.05, 4.69) is 23.2 Å². The highest BCUT2D eigenvalue weighted by Gasteiger charge is 2.40. The van der Waals surface area contributed by atoms with E-state index >= 15 is 0 Å². The van der Waals surface area contributed by atoms with E-state index in [1.165, 1.54) is 0 Å². The van der Waals surface area contributed by atoms with E-state index < -0.39 is 17.9 Å². The van der Waals surface area contributed by atoms with Gasteiger partial charge in [-0.3, -0.25) is 10.5 Å². The minimum atomic E-state index is -0.818. The number of nitriles is 1. The van der Waals surface area contributed by atoms with Crippen LogP contribution in [0.3, 0.4) is 0 Å². The van der Waals surface area contributed by atoms with Crippen LogP contribution in [0.25, 0.3) is 0 Å². The highest BCUT2D eigenvalue weighted by Crippen LogP contribution is 2.45. The van der Waals surface area contributed by atoms with Gasteiger partial charge in [0.05, 0.1) is 25.9 Å². The number of nitrogens with zero attached hydrogens (tertiary/aromatic N) is 3. The second kappa shape index (κ2) is 9.92. The average molecular weight is 453 g/mol. The van der Waals surface area contributed by atoms with Gasteiger partial charge in [-0.05, 0) is 31.0 Å². The molecule has 10 heteroatoms. The van der Waals surface area contributed by atoms with Crippen LogP contribution in [0.2, 0.25) is 0 Å². The van der Waals surface area contributed by atoms with Crippen LogP contribution in [-0.2, 0) is 11.2 Å². The van der Waals surface area contributed by atoms with Gasteiger partial charge >= 0.3 is 6.09 Å². The lowest BCUT2D eigenvalue weighted by molar-refractivity contribution is 0.0413. The van der Waals surface area contributed by atoms with Gasteiger partial charge in [0.25, 0.3) is 0 Å². The fourth-order valence-corrected chi connectivity index (χ4v) is 4.16. The minimum Gasteiger partial charge on any atom is -0.490 e. The van der Waals surface area contributed by atoms with Gasteiger partial charge in [0, 0.05) is 30.3 Å². The average Bonchev–Trinajstić information content (AvgIpc) is 3.22. The number of hydrogen-bond acceptors (Lipinski definition) is 8. The highest BCUT2D eigenvalue weighted by molar-refractivity contribution is 5.85. The number of nitrogens with one attached hydrogen (secondary N) is 2. The number of fused-ring (bicyclic) bond motifs is 1. The number of rotatable bonds is 6. The maximum absolute atomic E-state index is 12.6. The summed E-state index contributed by atoms with van der Waals surface area (Å²) in [6.45, 7) is 6.16. The number of carbonyl (C=O) groups is 1. The summed E-state index contributed by atoms with van der Waals surface area (Å²) in [5.41, 5.74) is 2.41. The minimum absolute atomic E-state index is 0.148. The zero-order chi connectivity index (χ0) is 23.4. The smallest absolute Gasteiger partial charge is 0.415 e. The van der Waals surface area contributed by atoms with Crippen molar-refractivity contribution in [3.05, 3.63) is 35.0 Å². The Balaban J connectivity index is 1.70. The van der Waals surface area contributed by atoms with Gasteiger partial charge < -0.3 is 23.8 Å². The molecule has 0 saturated carbocycles. The Morgan fingerprint density at radius 1 is 1.33 bits per heavy atom. The molecule has 0 spiro atoms. The fraction of sp³-hybridized carbons (Fsp3) is 0.478. The second-order valence-corrected chi connectivity index (χ2v) is 7.83. The Labute approximate surface area is 191 Å². The third-order valence-electron chi connectivity index (χ3n) is 5.71. The molecule has 2 aliphatic rings. The Hall–Kier alpha value is -3.58. The quantitative estimate of drug-likeness (QED) is 0.686. The summed E-state index contributed by atoms with van der Waals surface area (Å²) in [6, 6.07) is 7.45. The molecule has 2 N–H and O–H groups in total. The van der Waals surface area contributed by atoms with E-state index in [1.54, 1.807) is 23.1 Å². The molecule has 1 aromatic heterocycles. The summed E-state index contributed by atoms with van der Waals surface area (Å²) in [5, 5.41) is 25.3. The second-order valence-electron chi connectivity index (χ2n) is 7.83. The number of hydrogen-bond donors (Lipinski definition) is 2. The number of H-pyrrole nitrogens is 1. The molecule has 3 heterocycles. The summed E-state index contributed by atoms with van der Waals surface area (Å²) >= 11 is 0. The van der Waals surface area contributed by atoms with Gasteiger partial charge in [-0.1, -0.05) is 19.4 Å². The van der Waals surface area contributed by atoms with Crippen LogP contribution in [-0.4, -0.2) is 60.0 Å². The number of morpholine rings is 1. The van der Waals surface area contributed by atoms with Crippen molar-refractivity contribution in [2.45, 2.75) is 32.6 Å². The first-order valence-electron chi connectivity index (χ1n) is 11.1. The lowest BCUT2D eigenvalue weighted by atomic mass is 9.79. The molecule has 2 atom stereocenters. The van der Waals surface area contributed by atoms with Gasteiger partial charge in [0.1, 0.15) is 5.92 Å². The maximum Gasteiger partial charge on any atom is 0.415 e. The van der Waals surface area contributed by atoms with Crippen LogP contribution in [0.15, 0.2) is 18.2 Å². The largest absolute Gasteiger partial charge is 0.490 e. The van der Waals surface area contributed by atoms with Crippen molar-refractivity contribution in [3.63, 3.8) is 0 Å². The van der Waals surface area contributed by atoms with Gasteiger partial charge in [0.15, 0.2) is 11.5 Å². The first-order chi connectivity index (χ1) is 16.1. The number of ether oxygens (including phenoxy) is 4. The van der Waals surface area contributed by atoms with E-state index in [0.29, 0.717) is 50.3 Å². The number of aromatic nitrogens is 2. The standard InChI is InChI=1S/C23H27N5O5/c1-3-5-16-20-19(15(13-24)21(25)33-22(20)27-26-16)14-6-7-17(18(12-14)31-4-2)32-23(29)28-8-10-30-11-9-28/h6-7,12,15,19,25H,3-5,8-11H2,1-2H3,(H,26,27). The predicted octanol–water partition coefficient (Wildman–Crippen LogP) is 3.23. The molecule has 2 aliphatic heterocycles. The van der Waals surface area contributed by atoms with E-state index in [1.807, 2.05) is 6.92 Å². The van der Waals surface area contributed by atoms with Crippen LogP contribution in [0, 0.1) is 22.7 Å². The first kappa shape index (κ1) is 22.6. The number of benzene rings is 1. The van der Waals surface area contributed by atoms with E-state index in [4.69, 9.17) is 24.4 Å². The summed E-state index contributed by atoms with van der Waals surface area (Å²) in [5.74, 6) is -0.412. The summed E-state index contributed by atoms with van der Waals surface area (Å²) in [6.07, 6.45) is 1.16. The molecule has 0 radical (unpaired) electrons. The summed E-state index contributed by atoms with van der Waals surface area (Å²) in [4.78, 5) is 14.2. The topological polar surface area (TPSA) is 134 Å². The van der Waals surface area contributed by atoms with Gasteiger partial charge in [-0.25, -0.2) is 4.79 Å². The number of amides is 1. The van der Waals surface area contributed by atoms with Crippen molar-refractivity contribution in [2.24, 2.45) is 5.92 Å². The van der Waals surface area contributed by atoms with Crippen LogP contribution in [0.4, 0.5) is 4.79 Å². The monoisotopic (exact) mass is 453 g/mol. The zero-order valence-electron chi connectivity index (χ0n) is 18.7. The molecule has 2 aromatic rings. The molecule has 0 aliphatic carbocycles. The molecule has 10 nitrogen and oxygen atoms in total. The molecule has 1 aromatic carbocycles. The number of carbonyl (C=O) groups excluding carboxylic acids is 1. The lowest BCUT2D eigenvalue weighted by Crippen LogP contribution is -2.42.